The average molecular weight is 338 g/mol. The molecule has 1 aliphatic heterocycles. The molecule has 0 bridgehead atoms. The van der Waals surface area contributed by atoms with Crippen LogP contribution in [0.25, 0.3) is 0 Å². The average Bonchev–Trinajstić information content (AvgIpc) is 3.14. The van der Waals surface area contributed by atoms with Crippen molar-refractivity contribution >= 4 is 17.5 Å². The maximum atomic E-state index is 12.3. The Morgan fingerprint density at radius 2 is 1.92 bits per heavy atom. The van der Waals surface area contributed by atoms with Crippen molar-refractivity contribution in [2.45, 2.75) is 31.9 Å². The summed E-state index contributed by atoms with van der Waals surface area (Å²) in [5, 5.41) is 5.75. The molecule has 1 atom stereocenters. The van der Waals surface area contributed by atoms with Crippen molar-refractivity contribution in [1.29, 1.82) is 0 Å². The zero-order chi connectivity index (χ0) is 17.5. The third-order valence-corrected chi connectivity index (χ3v) is 4.15. The van der Waals surface area contributed by atoms with E-state index < -0.39 is 0 Å². The van der Waals surface area contributed by atoms with Gasteiger partial charge in [0, 0.05) is 24.4 Å². The highest BCUT2D eigenvalue weighted by Gasteiger charge is 2.18. The van der Waals surface area contributed by atoms with Crippen LogP contribution in [0.2, 0.25) is 0 Å². The number of anilines is 1. The van der Waals surface area contributed by atoms with Crippen LogP contribution in [-0.2, 0) is 16.1 Å². The van der Waals surface area contributed by atoms with Gasteiger partial charge in [-0.2, -0.15) is 0 Å². The number of hydrogen-bond acceptors (Lipinski definition) is 3. The molecular weight excluding hydrogens is 316 g/mol. The highest BCUT2D eigenvalue weighted by molar-refractivity contribution is 6.04. The lowest BCUT2D eigenvalue weighted by atomic mass is 10.1. The van der Waals surface area contributed by atoms with Crippen molar-refractivity contribution in [3.63, 3.8) is 0 Å². The van der Waals surface area contributed by atoms with Crippen molar-refractivity contribution in [2.24, 2.45) is 0 Å². The minimum atomic E-state index is -0.168. The standard InChI is InChI=1S/C20H22N2O3/c23-19(13-18-10-5-11-25-18)21-14-15-6-4-7-16(12-15)20(24)22-17-8-2-1-3-9-17/h1-4,6-9,12,18H,5,10-11,13-14H2,(H,21,23)(H,22,24)/t18-/m1/s1. The molecule has 3 rings (SSSR count). The Balaban J connectivity index is 1.53. The van der Waals surface area contributed by atoms with Gasteiger partial charge in [0.2, 0.25) is 5.91 Å². The molecule has 1 saturated heterocycles. The Labute approximate surface area is 147 Å². The monoisotopic (exact) mass is 338 g/mol. The van der Waals surface area contributed by atoms with Crippen LogP contribution in [0.4, 0.5) is 5.69 Å². The van der Waals surface area contributed by atoms with Crippen LogP contribution < -0.4 is 10.6 Å². The predicted octanol–water partition coefficient (Wildman–Crippen LogP) is 3.12. The van der Waals surface area contributed by atoms with Gasteiger partial charge in [-0.1, -0.05) is 30.3 Å². The second kappa shape index (κ2) is 8.44. The number of para-hydroxylation sites is 1. The van der Waals surface area contributed by atoms with Crippen molar-refractivity contribution in [2.75, 3.05) is 11.9 Å². The van der Waals surface area contributed by atoms with Crippen LogP contribution >= 0.6 is 0 Å². The normalized spacial score (nSPS) is 16.4. The molecule has 5 heteroatoms. The van der Waals surface area contributed by atoms with Gasteiger partial charge in [-0.3, -0.25) is 9.59 Å². The quantitative estimate of drug-likeness (QED) is 0.850. The second-order valence-corrected chi connectivity index (χ2v) is 6.14. The Morgan fingerprint density at radius 3 is 2.68 bits per heavy atom. The van der Waals surface area contributed by atoms with Gasteiger partial charge in [-0.25, -0.2) is 0 Å². The number of benzene rings is 2. The minimum Gasteiger partial charge on any atom is -0.378 e. The van der Waals surface area contributed by atoms with Crippen LogP contribution in [-0.4, -0.2) is 24.5 Å². The summed E-state index contributed by atoms with van der Waals surface area (Å²) in [4.78, 5) is 24.3. The van der Waals surface area contributed by atoms with Gasteiger partial charge in [0.25, 0.3) is 5.91 Å². The van der Waals surface area contributed by atoms with E-state index in [0.717, 1.165) is 30.7 Å². The topological polar surface area (TPSA) is 67.4 Å². The van der Waals surface area contributed by atoms with E-state index in [1.807, 2.05) is 42.5 Å². The number of carbonyl (C=O) groups is 2. The molecule has 0 aliphatic carbocycles. The van der Waals surface area contributed by atoms with Crippen molar-refractivity contribution in [3.8, 4) is 0 Å². The molecule has 0 radical (unpaired) electrons. The fraction of sp³-hybridized carbons (Fsp3) is 0.300. The largest absolute Gasteiger partial charge is 0.378 e. The third kappa shape index (κ3) is 5.16. The fourth-order valence-electron chi connectivity index (χ4n) is 2.83. The lowest BCUT2D eigenvalue weighted by Crippen LogP contribution is -2.26. The Morgan fingerprint density at radius 1 is 1.08 bits per heavy atom. The molecule has 2 N–H and O–H groups in total. The van der Waals surface area contributed by atoms with E-state index in [2.05, 4.69) is 10.6 Å². The second-order valence-electron chi connectivity index (χ2n) is 6.14. The third-order valence-electron chi connectivity index (χ3n) is 4.15. The summed E-state index contributed by atoms with van der Waals surface area (Å²) in [6.45, 7) is 1.15. The lowest BCUT2D eigenvalue weighted by Gasteiger charge is -2.11. The molecule has 0 aromatic heterocycles. The van der Waals surface area contributed by atoms with Gasteiger partial charge >= 0.3 is 0 Å². The predicted molar refractivity (Wildman–Crippen MR) is 96.3 cm³/mol. The van der Waals surface area contributed by atoms with E-state index in [4.69, 9.17) is 4.74 Å². The SMILES string of the molecule is O=C(C[C@H]1CCCO1)NCc1cccc(C(=O)Nc2ccccc2)c1. The molecule has 1 aliphatic rings. The van der Waals surface area contributed by atoms with Gasteiger partial charge in [-0.15, -0.1) is 0 Å². The van der Waals surface area contributed by atoms with Crippen molar-refractivity contribution < 1.29 is 14.3 Å². The minimum absolute atomic E-state index is 0.0222. The number of rotatable bonds is 6. The fourth-order valence-corrected chi connectivity index (χ4v) is 2.83. The van der Waals surface area contributed by atoms with Gasteiger partial charge in [-0.05, 0) is 42.7 Å². The summed E-state index contributed by atoms with van der Waals surface area (Å²) in [5.41, 5.74) is 2.21. The molecule has 130 valence electrons. The van der Waals surface area contributed by atoms with E-state index in [1.54, 1.807) is 12.1 Å². The van der Waals surface area contributed by atoms with Crippen LogP contribution in [0, 0.1) is 0 Å². The maximum absolute atomic E-state index is 12.3. The Kier molecular flexibility index (Phi) is 5.80. The number of carbonyl (C=O) groups excluding carboxylic acids is 2. The molecular formula is C20H22N2O3. The molecule has 0 saturated carbocycles. The summed E-state index contributed by atoms with van der Waals surface area (Å²) in [7, 11) is 0. The molecule has 1 fully saturated rings. The highest BCUT2D eigenvalue weighted by atomic mass is 16.5. The first-order chi connectivity index (χ1) is 12.2. The molecule has 25 heavy (non-hydrogen) atoms. The Bertz CT molecular complexity index is 725. The van der Waals surface area contributed by atoms with Gasteiger partial charge in [0.15, 0.2) is 0 Å². The van der Waals surface area contributed by atoms with E-state index in [-0.39, 0.29) is 17.9 Å². The first-order valence-corrected chi connectivity index (χ1v) is 8.54. The molecule has 0 spiro atoms. The lowest BCUT2D eigenvalue weighted by molar-refractivity contribution is -0.123. The van der Waals surface area contributed by atoms with Crippen LogP contribution in [0.5, 0.6) is 0 Å². The summed E-state index contributed by atoms with van der Waals surface area (Å²) in [6.07, 6.45) is 2.41. The highest BCUT2D eigenvalue weighted by Crippen LogP contribution is 2.15. The summed E-state index contributed by atoms with van der Waals surface area (Å²) in [6, 6.07) is 16.6. The maximum Gasteiger partial charge on any atom is 0.255 e. The van der Waals surface area contributed by atoms with Gasteiger partial charge < -0.3 is 15.4 Å². The van der Waals surface area contributed by atoms with E-state index >= 15 is 0 Å². The van der Waals surface area contributed by atoms with E-state index in [1.165, 1.54) is 0 Å². The summed E-state index contributed by atoms with van der Waals surface area (Å²) < 4.78 is 5.47. The zero-order valence-corrected chi connectivity index (χ0v) is 14.0. The summed E-state index contributed by atoms with van der Waals surface area (Å²) in [5.74, 6) is -0.190. The van der Waals surface area contributed by atoms with Crippen LogP contribution in [0.3, 0.4) is 0 Å². The molecule has 2 aromatic rings. The smallest absolute Gasteiger partial charge is 0.255 e. The first-order valence-electron chi connectivity index (χ1n) is 8.54. The van der Waals surface area contributed by atoms with Crippen LogP contribution in [0.15, 0.2) is 54.6 Å². The summed E-state index contributed by atoms with van der Waals surface area (Å²) >= 11 is 0. The first kappa shape index (κ1) is 17.2. The molecule has 5 nitrogen and oxygen atoms in total. The zero-order valence-electron chi connectivity index (χ0n) is 14.0. The van der Waals surface area contributed by atoms with Crippen LogP contribution in [0.1, 0.15) is 35.2 Å². The number of ether oxygens (including phenoxy) is 1. The molecule has 2 aromatic carbocycles. The number of nitrogens with one attached hydrogen (secondary N) is 2. The number of amides is 2. The molecule has 1 heterocycles. The van der Waals surface area contributed by atoms with Crippen molar-refractivity contribution in [3.05, 3.63) is 65.7 Å². The van der Waals surface area contributed by atoms with Crippen molar-refractivity contribution in [1.82, 2.24) is 5.32 Å². The molecule has 2 amide bonds. The van der Waals surface area contributed by atoms with E-state index in [9.17, 15) is 9.59 Å². The van der Waals surface area contributed by atoms with Gasteiger partial charge in [0.1, 0.15) is 0 Å². The Hall–Kier alpha value is -2.66. The molecule has 0 unspecified atom stereocenters. The number of hydrogen-bond donors (Lipinski definition) is 2. The van der Waals surface area contributed by atoms with Gasteiger partial charge in [0.05, 0.1) is 12.5 Å². The van der Waals surface area contributed by atoms with E-state index in [0.29, 0.717) is 18.5 Å².